The molecule has 1 aromatic heterocycles. The molecule has 0 aliphatic rings. The second kappa shape index (κ2) is 3.69. The lowest BCUT2D eigenvalue weighted by atomic mass is 10.3. The van der Waals surface area contributed by atoms with Crippen LogP contribution in [0.2, 0.25) is 0 Å². The minimum atomic E-state index is -0.288. The maximum Gasteiger partial charge on any atom is 0.290 e. The Kier molecular flexibility index (Phi) is 2.22. The lowest BCUT2D eigenvalue weighted by Crippen LogP contribution is -2.13. The molecular weight excluding hydrogens is 180 g/mol. The van der Waals surface area contributed by atoms with Crippen LogP contribution in [0.3, 0.4) is 0 Å². The van der Waals surface area contributed by atoms with E-state index < -0.39 is 0 Å². The van der Waals surface area contributed by atoms with Gasteiger partial charge < -0.3 is 5.32 Å². The summed E-state index contributed by atoms with van der Waals surface area (Å²) in [7, 11) is 0. The molecule has 0 bridgehead atoms. The molecule has 0 amide bonds. The fourth-order valence-corrected chi connectivity index (χ4v) is 1.05. The Labute approximate surface area is 79.8 Å². The Hall–Kier alpha value is -2.17. The summed E-state index contributed by atoms with van der Waals surface area (Å²) in [5.41, 5.74) is 0.932. The lowest BCUT2D eigenvalue weighted by Gasteiger charge is -2.02. The van der Waals surface area contributed by atoms with Gasteiger partial charge in [-0.25, -0.2) is 5.10 Å². The Morgan fingerprint density at radius 1 is 1.21 bits per heavy atom. The molecule has 70 valence electrons. The molecule has 0 saturated heterocycles. The third kappa shape index (κ3) is 1.77. The number of aromatic nitrogens is 3. The van der Waals surface area contributed by atoms with Crippen molar-refractivity contribution in [2.75, 3.05) is 5.32 Å². The van der Waals surface area contributed by atoms with Crippen molar-refractivity contribution in [2.24, 2.45) is 0 Å². The number of nitrogens with one attached hydrogen (secondary N) is 2. The summed E-state index contributed by atoms with van der Waals surface area (Å²) in [4.78, 5) is 11.2. The standard InChI is InChI=1S/C9H8N4O/c14-9-8(6-10-13-12-9)11-7-4-2-1-3-5-7/h1-6H,(H,11,13)(H,10,12,14). The summed E-state index contributed by atoms with van der Waals surface area (Å²) in [6.07, 6.45) is 1.38. The molecular formula is C9H8N4O. The van der Waals surface area contributed by atoms with Gasteiger partial charge in [0.25, 0.3) is 5.56 Å². The van der Waals surface area contributed by atoms with Crippen LogP contribution in [0.1, 0.15) is 0 Å². The number of hydrogen-bond donors (Lipinski definition) is 2. The van der Waals surface area contributed by atoms with Crippen LogP contribution in [0.4, 0.5) is 11.4 Å². The molecule has 0 fully saturated rings. The third-order valence-electron chi connectivity index (χ3n) is 1.69. The van der Waals surface area contributed by atoms with Gasteiger partial charge in [0.05, 0.1) is 6.20 Å². The van der Waals surface area contributed by atoms with Gasteiger partial charge >= 0.3 is 0 Å². The van der Waals surface area contributed by atoms with E-state index in [2.05, 4.69) is 20.7 Å². The van der Waals surface area contributed by atoms with Crippen molar-refractivity contribution in [2.45, 2.75) is 0 Å². The number of nitrogens with zero attached hydrogens (tertiary/aromatic N) is 2. The summed E-state index contributed by atoms with van der Waals surface area (Å²) in [6.45, 7) is 0. The van der Waals surface area contributed by atoms with Gasteiger partial charge in [0.1, 0.15) is 5.69 Å². The van der Waals surface area contributed by atoms with Gasteiger partial charge in [-0.3, -0.25) is 4.79 Å². The van der Waals surface area contributed by atoms with Crippen LogP contribution in [0.25, 0.3) is 0 Å². The summed E-state index contributed by atoms with van der Waals surface area (Å²) in [6, 6.07) is 9.39. The first kappa shape index (κ1) is 8.43. The predicted octanol–water partition coefficient (Wildman–Crippen LogP) is 0.908. The van der Waals surface area contributed by atoms with Crippen molar-refractivity contribution < 1.29 is 0 Å². The average molecular weight is 188 g/mol. The highest BCUT2D eigenvalue weighted by molar-refractivity contribution is 5.56. The van der Waals surface area contributed by atoms with Crippen LogP contribution in [-0.2, 0) is 0 Å². The van der Waals surface area contributed by atoms with Crippen LogP contribution in [0, 0.1) is 0 Å². The van der Waals surface area contributed by atoms with E-state index in [0.29, 0.717) is 5.69 Å². The van der Waals surface area contributed by atoms with Gasteiger partial charge in [-0.05, 0) is 12.1 Å². The summed E-state index contributed by atoms with van der Waals surface area (Å²) >= 11 is 0. The van der Waals surface area contributed by atoms with Gasteiger partial charge in [0.15, 0.2) is 0 Å². The van der Waals surface area contributed by atoms with E-state index in [9.17, 15) is 4.79 Å². The highest BCUT2D eigenvalue weighted by Gasteiger charge is 1.98. The Morgan fingerprint density at radius 2 is 2.00 bits per heavy atom. The number of rotatable bonds is 2. The molecule has 5 heteroatoms. The van der Waals surface area contributed by atoms with Crippen molar-refractivity contribution in [3.63, 3.8) is 0 Å². The number of para-hydroxylation sites is 1. The topological polar surface area (TPSA) is 70.7 Å². The fourth-order valence-electron chi connectivity index (χ4n) is 1.05. The van der Waals surface area contributed by atoms with Crippen LogP contribution >= 0.6 is 0 Å². The molecule has 2 N–H and O–H groups in total. The van der Waals surface area contributed by atoms with Crippen molar-refractivity contribution in [1.29, 1.82) is 0 Å². The normalized spacial score (nSPS) is 9.71. The van der Waals surface area contributed by atoms with E-state index in [1.165, 1.54) is 6.20 Å². The lowest BCUT2D eigenvalue weighted by molar-refractivity contribution is 0.844. The SMILES string of the molecule is O=c1[nH]nncc1Nc1ccccc1. The van der Waals surface area contributed by atoms with Crippen molar-refractivity contribution in [3.05, 3.63) is 46.9 Å². The van der Waals surface area contributed by atoms with E-state index in [4.69, 9.17) is 0 Å². The van der Waals surface area contributed by atoms with Gasteiger partial charge in [0, 0.05) is 5.69 Å². The molecule has 0 aliphatic heterocycles. The zero-order valence-corrected chi connectivity index (χ0v) is 7.27. The fraction of sp³-hybridized carbons (Fsp3) is 0. The maximum atomic E-state index is 11.2. The number of aromatic amines is 1. The van der Waals surface area contributed by atoms with Gasteiger partial charge in [0.2, 0.25) is 0 Å². The molecule has 2 rings (SSSR count). The van der Waals surface area contributed by atoms with Crippen LogP contribution < -0.4 is 10.9 Å². The smallest absolute Gasteiger partial charge is 0.290 e. The molecule has 0 unspecified atom stereocenters. The van der Waals surface area contributed by atoms with Crippen LogP contribution in [-0.4, -0.2) is 15.4 Å². The van der Waals surface area contributed by atoms with E-state index in [-0.39, 0.29) is 5.56 Å². The minimum Gasteiger partial charge on any atom is -0.350 e. The Balaban J connectivity index is 2.28. The van der Waals surface area contributed by atoms with Crippen molar-refractivity contribution in [1.82, 2.24) is 15.4 Å². The van der Waals surface area contributed by atoms with E-state index >= 15 is 0 Å². The van der Waals surface area contributed by atoms with Crippen LogP contribution in [0.5, 0.6) is 0 Å². The first-order valence-corrected chi connectivity index (χ1v) is 4.09. The number of H-pyrrole nitrogens is 1. The van der Waals surface area contributed by atoms with Crippen LogP contribution in [0.15, 0.2) is 41.3 Å². The molecule has 5 nitrogen and oxygen atoms in total. The minimum absolute atomic E-state index is 0.288. The maximum absolute atomic E-state index is 11.2. The monoisotopic (exact) mass is 188 g/mol. The number of hydrogen-bond acceptors (Lipinski definition) is 4. The summed E-state index contributed by atoms with van der Waals surface area (Å²) in [5, 5.41) is 12.1. The van der Waals surface area contributed by atoms with E-state index in [1.54, 1.807) is 0 Å². The highest BCUT2D eigenvalue weighted by atomic mass is 16.1. The molecule has 0 saturated carbocycles. The molecule has 0 atom stereocenters. The van der Waals surface area contributed by atoms with E-state index in [0.717, 1.165) is 5.69 Å². The second-order valence-electron chi connectivity index (χ2n) is 2.69. The molecule has 0 radical (unpaired) electrons. The molecule has 0 aliphatic carbocycles. The second-order valence-corrected chi connectivity index (χ2v) is 2.69. The summed E-state index contributed by atoms with van der Waals surface area (Å²) in [5.74, 6) is 0. The van der Waals surface area contributed by atoms with Crippen molar-refractivity contribution >= 4 is 11.4 Å². The molecule has 2 aromatic rings. The summed E-state index contributed by atoms with van der Waals surface area (Å²) < 4.78 is 0. The van der Waals surface area contributed by atoms with Crippen molar-refractivity contribution in [3.8, 4) is 0 Å². The number of anilines is 2. The molecule has 0 spiro atoms. The van der Waals surface area contributed by atoms with E-state index in [1.807, 2.05) is 30.3 Å². The molecule has 1 heterocycles. The Morgan fingerprint density at radius 3 is 2.71 bits per heavy atom. The largest absolute Gasteiger partial charge is 0.350 e. The zero-order valence-electron chi connectivity index (χ0n) is 7.27. The van der Waals surface area contributed by atoms with Gasteiger partial charge in [-0.15, -0.1) is 5.10 Å². The third-order valence-corrected chi connectivity index (χ3v) is 1.69. The average Bonchev–Trinajstić information content (AvgIpc) is 2.23. The zero-order chi connectivity index (χ0) is 9.80. The first-order valence-electron chi connectivity index (χ1n) is 4.09. The van der Waals surface area contributed by atoms with Gasteiger partial charge in [-0.1, -0.05) is 23.4 Å². The molecule has 1 aromatic carbocycles. The quantitative estimate of drug-likeness (QED) is 0.734. The first-order chi connectivity index (χ1) is 6.86. The highest BCUT2D eigenvalue weighted by Crippen LogP contribution is 2.09. The Bertz CT molecular complexity index is 465. The number of benzene rings is 1. The molecule has 14 heavy (non-hydrogen) atoms. The predicted molar refractivity (Wildman–Crippen MR) is 52.4 cm³/mol. The van der Waals surface area contributed by atoms with Gasteiger partial charge in [-0.2, -0.15) is 0 Å².